The fraction of sp³-hybridized carbons (Fsp3) is 0.714. The normalized spacial score (nSPS) is 11.5. The van der Waals surface area contributed by atoms with Gasteiger partial charge in [0.05, 0.1) is 0 Å². The smallest absolute Gasteiger partial charge is 0.331 e. The molecule has 4 heteroatoms. The van der Waals surface area contributed by atoms with Crippen LogP contribution in [0.5, 0.6) is 0 Å². The molecule has 0 aromatic carbocycles. The molecule has 0 fully saturated rings. The van der Waals surface area contributed by atoms with Gasteiger partial charge in [0.2, 0.25) is 0 Å². The van der Waals surface area contributed by atoms with E-state index in [4.69, 9.17) is 10.2 Å². The van der Waals surface area contributed by atoms with E-state index in [9.17, 15) is 9.59 Å². The fourth-order valence-electron chi connectivity index (χ4n) is 1.84. The van der Waals surface area contributed by atoms with Gasteiger partial charge in [0.1, 0.15) is 0 Å². The second kappa shape index (κ2) is 10.8. The highest BCUT2D eigenvalue weighted by Crippen LogP contribution is 2.13. The molecule has 4 nitrogen and oxygen atoms in total. The zero-order valence-corrected chi connectivity index (χ0v) is 11.2. The van der Waals surface area contributed by atoms with Gasteiger partial charge in [0, 0.05) is 11.6 Å². The molecule has 0 bridgehead atoms. The molecule has 0 aromatic heterocycles. The maximum Gasteiger partial charge on any atom is 0.331 e. The molecule has 0 heterocycles. The van der Waals surface area contributed by atoms with Gasteiger partial charge < -0.3 is 10.2 Å². The molecule has 0 aliphatic rings. The first-order chi connectivity index (χ1) is 8.57. The SMILES string of the molecule is CCCCCCCCCC/C(=C\C(=O)O)C(=O)O. The largest absolute Gasteiger partial charge is 0.478 e. The molecule has 0 radical (unpaired) electrons. The Balaban J connectivity index is 3.63. The molecule has 0 atom stereocenters. The standard InChI is InChI=1S/C14H24O4/c1-2-3-4-5-6-7-8-9-10-12(14(17)18)11-13(15)16/h11H,2-10H2,1H3,(H,15,16)(H,17,18)/b12-11+. The van der Waals surface area contributed by atoms with Gasteiger partial charge in [-0.05, 0) is 12.8 Å². The van der Waals surface area contributed by atoms with Crippen molar-refractivity contribution in [3.8, 4) is 0 Å². The summed E-state index contributed by atoms with van der Waals surface area (Å²) < 4.78 is 0. The van der Waals surface area contributed by atoms with E-state index in [0.29, 0.717) is 6.42 Å². The predicted molar refractivity (Wildman–Crippen MR) is 70.6 cm³/mol. The van der Waals surface area contributed by atoms with Crippen molar-refractivity contribution in [1.29, 1.82) is 0 Å². The van der Waals surface area contributed by atoms with Gasteiger partial charge in [-0.2, -0.15) is 0 Å². The van der Waals surface area contributed by atoms with Crippen LogP contribution >= 0.6 is 0 Å². The number of hydrogen-bond acceptors (Lipinski definition) is 2. The summed E-state index contributed by atoms with van der Waals surface area (Å²) in [4.78, 5) is 21.2. The molecular weight excluding hydrogens is 232 g/mol. The van der Waals surface area contributed by atoms with Crippen LogP contribution < -0.4 is 0 Å². The molecule has 0 saturated heterocycles. The molecule has 0 unspecified atom stereocenters. The topological polar surface area (TPSA) is 74.6 Å². The summed E-state index contributed by atoms with van der Waals surface area (Å²) in [5.41, 5.74) is -0.00603. The van der Waals surface area contributed by atoms with E-state index in [1.165, 1.54) is 32.1 Å². The summed E-state index contributed by atoms with van der Waals surface area (Å²) in [6, 6.07) is 0. The van der Waals surface area contributed by atoms with Gasteiger partial charge in [-0.15, -0.1) is 0 Å². The lowest BCUT2D eigenvalue weighted by molar-refractivity contribution is -0.135. The predicted octanol–water partition coefficient (Wildman–Crippen LogP) is 3.61. The van der Waals surface area contributed by atoms with Crippen LogP contribution in [-0.2, 0) is 9.59 Å². The van der Waals surface area contributed by atoms with E-state index in [-0.39, 0.29) is 5.57 Å². The van der Waals surface area contributed by atoms with Gasteiger partial charge in [0.25, 0.3) is 0 Å². The maximum atomic E-state index is 10.7. The van der Waals surface area contributed by atoms with Crippen molar-refractivity contribution < 1.29 is 19.8 Å². The lowest BCUT2D eigenvalue weighted by Gasteiger charge is -2.02. The van der Waals surface area contributed by atoms with Crippen molar-refractivity contribution in [2.75, 3.05) is 0 Å². The molecule has 2 N–H and O–H groups in total. The zero-order chi connectivity index (χ0) is 13.8. The average Bonchev–Trinajstić information content (AvgIpc) is 2.30. The number of carbonyl (C=O) groups is 2. The highest BCUT2D eigenvalue weighted by Gasteiger charge is 2.08. The lowest BCUT2D eigenvalue weighted by atomic mass is 10.0. The van der Waals surface area contributed by atoms with Crippen LogP contribution in [0.1, 0.15) is 64.7 Å². The Morgan fingerprint density at radius 2 is 1.39 bits per heavy atom. The quantitative estimate of drug-likeness (QED) is 0.437. The fourth-order valence-corrected chi connectivity index (χ4v) is 1.84. The molecule has 0 aromatic rings. The highest BCUT2D eigenvalue weighted by atomic mass is 16.4. The van der Waals surface area contributed by atoms with Crippen LogP contribution in [0.4, 0.5) is 0 Å². The number of carboxylic acids is 2. The monoisotopic (exact) mass is 256 g/mol. The van der Waals surface area contributed by atoms with Crippen LogP contribution in [0.15, 0.2) is 11.6 Å². The summed E-state index contributed by atoms with van der Waals surface area (Å²) >= 11 is 0. The Hall–Kier alpha value is -1.32. The van der Waals surface area contributed by atoms with Crippen molar-refractivity contribution in [3.63, 3.8) is 0 Å². The van der Waals surface area contributed by atoms with Gasteiger partial charge in [-0.25, -0.2) is 9.59 Å². The first kappa shape index (κ1) is 16.7. The van der Waals surface area contributed by atoms with Crippen molar-refractivity contribution in [3.05, 3.63) is 11.6 Å². The second-order valence-corrected chi connectivity index (χ2v) is 4.54. The summed E-state index contributed by atoms with van der Waals surface area (Å²) in [7, 11) is 0. The summed E-state index contributed by atoms with van der Waals surface area (Å²) in [6.07, 6.45) is 10.2. The van der Waals surface area contributed by atoms with Crippen LogP contribution in [0, 0.1) is 0 Å². The lowest BCUT2D eigenvalue weighted by Crippen LogP contribution is -2.04. The van der Waals surface area contributed by atoms with E-state index < -0.39 is 11.9 Å². The molecule has 0 spiro atoms. The number of hydrogen-bond donors (Lipinski definition) is 2. The van der Waals surface area contributed by atoms with Crippen molar-refractivity contribution in [2.45, 2.75) is 64.7 Å². The Labute approximate surface area is 109 Å². The van der Waals surface area contributed by atoms with Crippen LogP contribution in [0.25, 0.3) is 0 Å². The Kier molecular flexibility index (Phi) is 10.0. The summed E-state index contributed by atoms with van der Waals surface area (Å²) in [5, 5.41) is 17.3. The van der Waals surface area contributed by atoms with Gasteiger partial charge in [-0.1, -0.05) is 51.9 Å². The number of rotatable bonds is 11. The van der Waals surface area contributed by atoms with Gasteiger partial charge in [0.15, 0.2) is 0 Å². The minimum atomic E-state index is -1.19. The van der Waals surface area contributed by atoms with Crippen molar-refractivity contribution in [1.82, 2.24) is 0 Å². The third-order valence-corrected chi connectivity index (χ3v) is 2.87. The van der Waals surface area contributed by atoms with E-state index in [1.54, 1.807) is 0 Å². The number of aliphatic carboxylic acids is 2. The Morgan fingerprint density at radius 3 is 1.83 bits per heavy atom. The first-order valence-electron chi connectivity index (χ1n) is 6.74. The van der Waals surface area contributed by atoms with Crippen molar-refractivity contribution >= 4 is 11.9 Å². The molecule has 0 rings (SSSR count). The first-order valence-corrected chi connectivity index (χ1v) is 6.74. The third kappa shape index (κ3) is 9.87. The van der Waals surface area contributed by atoms with Gasteiger partial charge >= 0.3 is 11.9 Å². The third-order valence-electron chi connectivity index (χ3n) is 2.87. The highest BCUT2D eigenvalue weighted by molar-refractivity contribution is 5.94. The van der Waals surface area contributed by atoms with Crippen LogP contribution in [0.3, 0.4) is 0 Å². The van der Waals surface area contributed by atoms with Crippen LogP contribution in [-0.4, -0.2) is 22.2 Å². The minimum Gasteiger partial charge on any atom is -0.478 e. The van der Waals surface area contributed by atoms with E-state index in [2.05, 4.69) is 6.92 Å². The molecule has 104 valence electrons. The summed E-state index contributed by atoms with van der Waals surface area (Å²) in [5.74, 6) is -2.31. The van der Waals surface area contributed by atoms with Gasteiger partial charge in [-0.3, -0.25) is 0 Å². The van der Waals surface area contributed by atoms with E-state index >= 15 is 0 Å². The number of carboxylic acid groups (broad SMARTS) is 2. The molecule has 18 heavy (non-hydrogen) atoms. The van der Waals surface area contributed by atoms with Crippen LogP contribution in [0.2, 0.25) is 0 Å². The minimum absolute atomic E-state index is 0.00603. The van der Waals surface area contributed by atoms with E-state index in [0.717, 1.165) is 25.3 Å². The van der Waals surface area contributed by atoms with Crippen molar-refractivity contribution in [2.24, 2.45) is 0 Å². The maximum absolute atomic E-state index is 10.7. The second-order valence-electron chi connectivity index (χ2n) is 4.54. The summed E-state index contributed by atoms with van der Waals surface area (Å²) in [6.45, 7) is 2.18. The van der Waals surface area contributed by atoms with E-state index in [1.807, 2.05) is 0 Å². The average molecular weight is 256 g/mol. The Bertz CT molecular complexity index is 282. The molecule has 0 amide bonds. The molecule has 0 aliphatic heterocycles. The Morgan fingerprint density at radius 1 is 0.889 bits per heavy atom. The zero-order valence-electron chi connectivity index (χ0n) is 11.2. The molecule has 0 saturated carbocycles. The molecular formula is C14H24O4. The molecule has 0 aliphatic carbocycles. The number of unbranched alkanes of at least 4 members (excludes halogenated alkanes) is 7.